The van der Waals surface area contributed by atoms with Crippen molar-refractivity contribution in [1.29, 1.82) is 0 Å². The molecule has 1 amide bonds. The summed E-state index contributed by atoms with van der Waals surface area (Å²) in [4.78, 5) is 15.4. The molecule has 136 valence electrons. The van der Waals surface area contributed by atoms with Crippen LogP contribution in [0.5, 0.6) is 5.75 Å². The smallest absolute Gasteiger partial charge is 0.261 e. The van der Waals surface area contributed by atoms with Crippen molar-refractivity contribution in [2.45, 2.75) is 56.7 Å². The molecular formula is C20H28N2O3. The van der Waals surface area contributed by atoms with Gasteiger partial charge in [-0.05, 0) is 31.4 Å². The number of fused-ring (bicyclic) bond motifs is 1. The van der Waals surface area contributed by atoms with E-state index >= 15 is 0 Å². The molecule has 3 aliphatic rings. The third kappa shape index (κ3) is 3.15. The average Bonchev–Trinajstić information content (AvgIpc) is 3.30. The number of carbonyl (C=O) groups excluding carboxylic acids is 1. The zero-order valence-electron chi connectivity index (χ0n) is 15.0. The van der Waals surface area contributed by atoms with E-state index in [1.807, 2.05) is 24.3 Å². The number of nitrogens with one attached hydrogen (secondary N) is 1. The summed E-state index contributed by atoms with van der Waals surface area (Å²) >= 11 is 0. The van der Waals surface area contributed by atoms with E-state index in [0.29, 0.717) is 6.42 Å². The maximum absolute atomic E-state index is 12.8. The van der Waals surface area contributed by atoms with E-state index in [1.54, 1.807) is 0 Å². The Balaban J connectivity index is 1.43. The predicted octanol–water partition coefficient (Wildman–Crippen LogP) is 2.14. The number of ether oxygens (including phenoxy) is 2. The van der Waals surface area contributed by atoms with Crippen molar-refractivity contribution < 1.29 is 14.3 Å². The van der Waals surface area contributed by atoms with Crippen LogP contribution in [-0.2, 0) is 16.0 Å². The summed E-state index contributed by atoms with van der Waals surface area (Å²) in [6.45, 7) is 5.69. The second kappa shape index (κ2) is 6.96. The number of benzene rings is 1. The quantitative estimate of drug-likeness (QED) is 0.909. The number of hydrogen-bond donors (Lipinski definition) is 1. The molecule has 1 saturated heterocycles. The number of amides is 1. The Morgan fingerprint density at radius 1 is 1.24 bits per heavy atom. The first kappa shape index (κ1) is 16.9. The Bertz CT molecular complexity index is 596. The van der Waals surface area contributed by atoms with Crippen molar-refractivity contribution in [2.24, 2.45) is 0 Å². The summed E-state index contributed by atoms with van der Waals surface area (Å²) < 4.78 is 11.4. The molecule has 1 saturated carbocycles. The number of rotatable bonds is 4. The number of nitrogens with zero attached hydrogens (tertiary/aromatic N) is 1. The van der Waals surface area contributed by atoms with E-state index in [0.717, 1.165) is 50.5 Å². The van der Waals surface area contributed by atoms with Gasteiger partial charge < -0.3 is 14.8 Å². The van der Waals surface area contributed by atoms with Gasteiger partial charge in [-0.3, -0.25) is 9.69 Å². The van der Waals surface area contributed by atoms with Crippen LogP contribution in [0.4, 0.5) is 0 Å². The molecule has 1 aromatic rings. The SMILES string of the molecule is CC(NC(=O)C1Cc2ccccc2O1)C1(N2CCOCC2)CCCC1. The van der Waals surface area contributed by atoms with Crippen molar-refractivity contribution >= 4 is 5.91 Å². The maximum Gasteiger partial charge on any atom is 0.261 e. The Morgan fingerprint density at radius 2 is 1.96 bits per heavy atom. The molecule has 1 aromatic carbocycles. The van der Waals surface area contributed by atoms with Crippen molar-refractivity contribution in [2.75, 3.05) is 26.3 Å². The second-order valence-corrected chi connectivity index (χ2v) is 7.56. The predicted molar refractivity (Wildman–Crippen MR) is 95.8 cm³/mol. The minimum absolute atomic E-state index is 0.0169. The number of morpholine rings is 1. The summed E-state index contributed by atoms with van der Waals surface area (Å²) in [6, 6.07) is 8.05. The molecule has 5 nitrogen and oxygen atoms in total. The van der Waals surface area contributed by atoms with E-state index in [1.165, 1.54) is 12.8 Å². The Kier molecular flexibility index (Phi) is 4.69. The molecule has 1 aliphatic carbocycles. The van der Waals surface area contributed by atoms with Gasteiger partial charge in [0, 0.05) is 31.1 Å². The molecule has 5 heteroatoms. The lowest BCUT2D eigenvalue weighted by molar-refractivity contribution is -0.129. The van der Waals surface area contributed by atoms with Crippen molar-refractivity contribution in [3.63, 3.8) is 0 Å². The first-order valence-corrected chi connectivity index (χ1v) is 9.57. The molecular weight excluding hydrogens is 316 g/mol. The molecule has 2 unspecified atom stereocenters. The zero-order chi connectivity index (χ0) is 17.3. The molecule has 2 fully saturated rings. The average molecular weight is 344 g/mol. The van der Waals surface area contributed by atoms with Gasteiger partial charge in [0.25, 0.3) is 5.91 Å². The summed E-state index contributed by atoms with van der Waals surface area (Å²) in [7, 11) is 0. The lowest BCUT2D eigenvalue weighted by Gasteiger charge is -2.47. The summed E-state index contributed by atoms with van der Waals surface area (Å²) in [5.74, 6) is 0.863. The lowest BCUT2D eigenvalue weighted by atomic mass is 9.86. The van der Waals surface area contributed by atoms with E-state index < -0.39 is 6.10 Å². The summed E-state index contributed by atoms with van der Waals surface area (Å²) in [5, 5.41) is 3.29. The van der Waals surface area contributed by atoms with Gasteiger partial charge in [-0.15, -0.1) is 0 Å². The highest BCUT2D eigenvalue weighted by molar-refractivity contribution is 5.82. The molecule has 1 N–H and O–H groups in total. The van der Waals surface area contributed by atoms with Gasteiger partial charge in [-0.2, -0.15) is 0 Å². The Hall–Kier alpha value is -1.59. The fraction of sp³-hybridized carbons (Fsp3) is 0.650. The number of hydrogen-bond acceptors (Lipinski definition) is 4. The topological polar surface area (TPSA) is 50.8 Å². The first-order chi connectivity index (χ1) is 12.2. The highest BCUT2D eigenvalue weighted by Gasteiger charge is 2.45. The molecule has 0 radical (unpaired) electrons. The van der Waals surface area contributed by atoms with Gasteiger partial charge in [-0.1, -0.05) is 31.0 Å². The van der Waals surface area contributed by atoms with Crippen LogP contribution in [0.1, 0.15) is 38.2 Å². The first-order valence-electron chi connectivity index (χ1n) is 9.57. The number of para-hydroxylation sites is 1. The summed E-state index contributed by atoms with van der Waals surface area (Å²) in [5.41, 5.74) is 1.20. The normalized spacial score (nSPS) is 26.7. The Labute approximate surface area is 149 Å². The van der Waals surface area contributed by atoms with E-state index in [2.05, 4.69) is 17.1 Å². The van der Waals surface area contributed by atoms with Gasteiger partial charge in [0.15, 0.2) is 6.10 Å². The van der Waals surface area contributed by atoms with Crippen LogP contribution >= 0.6 is 0 Å². The third-order valence-corrected chi connectivity index (χ3v) is 6.21. The van der Waals surface area contributed by atoms with Crippen molar-refractivity contribution in [3.05, 3.63) is 29.8 Å². The largest absolute Gasteiger partial charge is 0.480 e. The Morgan fingerprint density at radius 3 is 2.68 bits per heavy atom. The van der Waals surface area contributed by atoms with Gasteiger partial charge in [0.1, 0.15) is 5.75 Å². The minimum atomic E-state index is -0.400. The highest BCUT2D eigenvalue weighted by Crippen LogP contribution is 2.39. The minimum Gasteiger partial charge on any atom is -0.480 e. The van der Waals surface area contributed by atoms with E-state index in [4.69, 9.17) is 9.47 Å². The van der Waals surface area contributed by atoms with Crippen LogP contribution in [0.2, 0.25) is 0 Å². The molecule has 2 heterocycles. The molecule has 0 aromatic heterocycles. The van der Waals surface area contributed by atoms with E-state index in [-0.39, 0.29) is 17.5 Å². The maximum atomic E-state index is 12.8. The van der Waals surface area contributed by atoms with Gasteiger partial charge in [-0.25, -0.2) is 0 Å². The van der Waals surface area contributed by atoms with E-state index in [9.17, 15) is 4.79 Å². The molecule has 2 atom stereocenters. The molecule has 0 bridgehead atoms. The molecule has 0 spiro atoms. The molecule has 2 aliphatic heterocycles. The van der Waals surface area contributed by atoms with Gasteiger partial charge in [0.2, 0.25) is 0 Å². The lowest BCUT2D eigenvalue weighted by Crippen LogP contribution is -2.63. The summed E-state index contributed by atoms with van der Waals surface area (Å²) in [6.07, 6.45) is 5.05. The highest BCUT2D eigenvalue weighted by atomic mass is 16.5. The van der Waals surface area contributed by atoms with Crippen LogP contribution < -0.4 is 10.1 Å². The third-order valence-electron chi connectivity index (χ3n) is 6.21. The fourth-order valence-corrected chi connectivity index (χ4v) is 4.79. The fourth-order valence-electron chi connectivity index (χ4n) is 4.79. The number of carbonyl (C=O) groups is 1. The van der Waals surface area contributed by atoms with Crippen molar-refractivity contribution in [1.82, 2.24) is 10.2 Å². The standard InChI is InChI=1S/C20H28N2O3/c1-15(20(8-4-5-9-20)22-10-12-24-13-11-22)21-19(23)18-14-16-6-2-3-7-17(16)25-18/h2-3,6-7,15,18H,4-5,8-14H2,1H3,(H,21,23). The van der Waals surface area contributed by atoms with Crippen LogP contribution in [0.15, 0.2) is 24.3 Å². The molecule has 4 rings (SSSR count). The second-order valence-electron chi connectivity index (χ2n) is 7.56. The van der Waals surface area contributed by atoms with Gasteiger partial charge in [0.05, 0.1) is 13.2 Å². The van der Waals surface area contributed by atoms with Crippen molar-refractivity contribution in [3.8, 4) is 5.75 Å². The van der Waals surface area contributed by atoms with Crippen LogP contribution in [0, 0.1) is 0 Å². The monoisotopic (exact) mass is 344 g/mol. The zero-order valence-corrected chi connectivity index (χ0v) is 15.0. The van der Waals surface area contributed by atoms with Crippen LogP contribution in [-0.4, -0.2) is 54.8 Å². The van der Waals surface area contributed by atoms with Crippen LogP contribution in [0.3, 0.4) is 0 Å². The molecule has 25 heavy (non-hydrogen) atoms. The van der Waals surface area contributed by atoms with Gasteiger partial charge >= 0.3 is 0 Å². The van der Waals surface area contributed by atoms with Crippen LogP contribution in [0.25, 0.3) is 0 Å².